The topological polar surface area (TPSA) is 59.8 Å². The number of rotatable bonds is 6. The molecule has 0 radical (unpaired) electrons. The molecule has 0 saturated heterocycles. The quantitative estimate of drug-likeness (QED) is 0.888. The van der Waals surface area contributed by atoms with Crippen molar-refractivity contribution in [2.24, 2.45) is 0 Å². The van der Waals surface area contributed by atoms with Gasteiger partial charge in [-0.05, 0) is 19.4 Å². The van der Waals surface area contributed by atoms with Crippen molar-refractivity contribution in [3.8, 4) is 0 Å². The predicted octanol–water partition coefficient (Wildman–Crippen LogP) is 2.21. The Kier molecular flexibility index (Phi) is 4.97. The number of hydrogen-bond donors (Lipinski definition) is 1. The van der Waals surface area contributed by atoms with Crippen molar-refractivity contribution in [3.63, 3.8) is 0 Å². The third kappa shape index (κ3) is 4.34. The van der Waals surface area contributed by atoms with Crippen LogP contribution in [-0.4, -0.2) is 20.7 Å². The minimum atomic E-state index is -0.662. The molecule has 0 bridgehead atoms. The molecule has 0 aliphatic carbocycles. The molecule has 1 aromatic carbocycles. The predicted molar refractivity (Wildman–Crippen MR) is 72.2 cm³/mol. The Morgan fingerprint density at radius 2 is 2.24 bits per heavy atom. The zero-order valence-electron chi connectivity index (χ0n) is 11.6. The van der Waals surface area contributed by atoms with Crippen LogP contribution in [0.1, 0.15) is 31.4 Å². The summed E-state index contributed by atoms with van der Waals surface area (Å²) >= 11 is 0. The van der Waals surface area contributed by atoms with Crippen LogP contribution in [0, 0.1) is 11.6 Å². The van der Waals surface area contributed by atoms with E-state index in [1.54, 1.807) is 17.9 Å². The van der Waals surface area contributed by atoms with E-state index in [9.17, 15) is 13.6 Å². The van der Waals surface area contributed by atoms with Gasteiger partial charge in [-0.15, -0.1) is 0 Å². The van der Waals surface area contributed by atoms with Gasteiger partial charge in [-0.2, -0.15) is 5.10 Å². The maximum atomic E-state index is 13.6. The summed E-state index contributed by atoms with van der Waals surface area (Å²) < 4.78 is 28.0. The summed E-state index contributed by atoms with van der Waals surface area (Å²) in [5.41, 5.74) is 0.265. The SMILES string of the molecule is CC(NC(=O)CCCn1cncn1)c1ccc(F)cc1F. The highest BCUT2D eigenvalue weighted by atomic mass is 19.1. The maximum Gasteiger partial charge on any atom is 0.220 e. The van der Waals surface area contributed by atoms with E-state index in [2.05, 4.69) is 15.4 Å². The van der Waals surface area contributed by atoms with Gasteiger partial charge in [0.05, 0.1) is 6.04 Å². The number of hydrogen-bond acceptors (Lipinski definition) is 3. The van der Waals surface area contributed by atoms with Crippen LogP contribution < -0.4 is 5.32 Å². The van der Waals surface area contributed by atoms with Gasteiger partial charge in [0.25, 0.3) is 0 Å². The molecular weight excluding hydrogens is 278 g/mol. The lowest BCUT2D eigenvalue weighted by molar-refractivity contribution is -0.121. The van der Waals surface area contributed by atoms with E-state index < -0.39 is 17.7 Å². The first-order valence-corrected chi connectivity index (χ1v) is 6.63. The fourth-order valence-electron chi connectivity index (χ4n) is 1.99. The third-order valence-electron chi connectivity index (χ3n) is 3.06. The Hall–Kier alpha value is -2.31. The highest BCUT2D eigenvalue weighted by molar-refractivity contribution is 5.76. The Balaban J connectivity index is 1.81. The highest BCUT2D eigenvalue weighted by Crippen LogP contribution is 2.17. The molecule has 1 amide bonds. The number of halogens is 2. The van der Waals surface area contributed by atoms with Gasteiger partial charge >= 0.3 is 0 Å². The zero-order valence-corrected chi connectivity index (χ0v) is 11.6. The van der Waals surface area contributed by atoms with E-state index >= 15 is 0 Å². The zero-order chi connectivity index (χ0) is 15.2. The molecule has 5 nitrogen and oxygen atoms in total. The first kappa shape index (κ1) is 15.1. The normalized spacial score (nSPS) is 12.1. The molecule has 1 heterocycles. The molecule has 21 heavy (non-hydrogen) atoms. The molecule has 2 rings (SSSR count). The molecule has 0 aliphatic heterocycles. The molecule has 0 aliphatic rings. The van der Waals surface area contributed by atoms with E-state index in [0.717, 1.165) is 6.07 Å². The number of carbonyl (C=O) groups is 1. The number of aryl methyl sites for hydroxylation is 1. The smallest absolute Gasteiger partial charge is 0.220 e. The Morgan fingerprint density at radius 1 is 1.43 bits per heavy atom. The molecule has 0 spiro atoms. The molecule has 0 fully saturated rings. The first-order chi connectivity index (χ1) is 10.1. The molecule has 1 N–H and O–H groups in total. The van der Waals surface area contributed by atoms with Crippen molar-refractivity contribution >= 4 is 5.91 Å². The van der Waals surface area contributed by atoms with Crippen molar-refractivity contribution in [1.29, 1.82) is 0 Å². The molecule has 1 unspecified atom stereocenters. The van der Waals surface area contributed by atoms with Crippen molar-refractivity contribution in [2.45, 2.75) is 32.4 Å². The van der Waals surface area contributed by atoms with Crippen LogP contribution in [0.5, 0.6) is 0 Å². The summed E-state index contributed by atoms with van der Waals surface area (Å²) in [6, 6.07) is 2.81. The minimum Gasteiger partial charge on any atom is -0.349 e. The van der Waals surface area contributed by atoms with E-state index in [-0.39, 0.29) is 11.5 Å². The van der Waals surface area contributed by atoms with E-state index in [1.165, 1.54) is 18.5 Å². The van der Waals surface area contributed by atoms with Gasteiger partial charge in [0.1, 0.15) is 24.3 Å². The number of nitrogens with zero attached hydrogens (tertiary/aromatic N) is 3. The number of carbonyl (C=O) groups excluding carboxylic acids is 1. The van der Waals surface area contributed by atoms with Crippen LogP contribution in [0.15, 0.2) is 30.9 Å². The molecule has 1 aromatic heterocycles. The summed E-state index contributed by atoms with van der Waals surface area (Å²) in [7, 11) is 0. The average Bonchev–Trinajstić information content (AvgIpc) is 2.91. The van der Waals surface area contributed by atoms with Crippen molar-refractivity contribution < 1.29 is 13.6 Å². The number of nitrogens with one attached hydrogen (secondary N) is 1. The molecule has 1 atom stereocenters. The van der Waals surface area contributed by atoms with Gasteiger partial charge in [0.15, 0.2) is 0 Å². The van der Waals surface area contributed by atoms with Crippen LogP contribution in [-0.2, 0) is 11.3 Å². The second kappa shape index (κ2) is 6.92. The molecular formula is C14H16F2N4O. The number of amides is 1. The van der Waals surface area contributed by atoms with Crippen LogP contribution >= 0.6 is 0 Å². The van der Waals surface area contributed by atoms with Gasteiger partial charge in [-0.1, -0.05) is 6.07 Å². The second-order valence-electron chi connectivity index (χ2n) is 4.72. The fourth-order valence-corrected chi connectivity index (χ4v) is 1.99. The molecule has 0 saturated carbocycles. The van der Waals surface area contributed by atoms with Crippen LogP contribution in [0.4, 0.5) is 8.78 Å². The number of benzene rings is 1. The first-order valence-electron chi connectivity index (χ1n) is 6.63. The minimum absolute atomic E-state index is 0.189. The van der Waals surface area contributed by atoms with Gasteiger partial charge in [0, 0.05) is 24.6 Å². The molecule has 112 valence electrons. The summed E-state index contributed by atoms with van der Waals surface area (Å²) in [5.74, 6) is -1.49. The lowest BCUT2D eigenvalue weighted by Crippen LogP contribution is -2.27. The van der Waals surface area contributed by atoms with E-state index in [4.69, 9.17) is 0 Å². The Bertz CT molecular complexity index is 601. The summed E-state index contributed by atoms with van der Waals surface area (Å²) in [6.07, 6.45) is 3.91. The monoisotopic (exact) mass is 294 g/mol. The van der Waals surface area contributed by atoms with Crippen molar-refractivity contribution in [1.82, 2.24) is 20.1 Å². The number of aromatic nitrogens is 3. The second-order valence-corrected chi connectivity index (χ2v) is 4.72. The van der Waals surface area contributed by atoms with Crippen LogP contribution in [0.3, 0.4) is 0 Å². The lowest BCUT2D eigenvalue weighted by atomic mass is 10.1. The molecule has 7 heteroatoms. The fraction of sp³-hybridized carbons (Fsp3) is 0.357. The molecule has 2 aromatic rings. The van der Waals surface area contributed by atoms with Gasteiger partial charge in [0.2, 0.25) is 5.91 Å². The van der Waals surface area contributed by atoms with Crippen LogP contribution in [0.25, 0.3) is 0 Å². The lowest BCUT2D eigenvalue weighted by Gasteiger charge is -2.15. The maximum absolute atomic E-state index is 13.6. The van der Waals surface area contributed by atoms with E-state index in [1.807, 2.05) is 0 Å². The van der Waals surface area contributed by atoms with Crippen molar-refractivity contribution in [3.05, 3.63) is 48.1 Å². The van der Waals surface area contributed by atoms with Gasteiger partial charge in [-0.25, -0.2) is 13.8 Å². The largest absolute Gasteiger partial charge is 0.349 e. The summed E-state index contributed by atoms with van der Waals surface area (Å²) in [5, 5.41) is 6.62. The van der Waals surface area contributed by atoms with Gasteiger partial charge in [-0.3, -0.25) is 9.48 Å². The van der Waals surface area contributed by atoms with Crippen molar-refractivity contribution in [2.75, 3.05) is 0 Å². The summed E-state index contributed by atoms with van der Waals surface area (Å²) in [4.78, 5) is 15.6. The standard InChI is InChI=1S/C14H16F2N4O/c1-10(12-5-4-11(15)7-13(12)16)19-14(21)3-2-6-20-9-17-8-18-20/h4-5,7-10H,2-3,6H2,1H3,(H,19,21). The highest BCUT2D eigenvalue weighted by Gasteiger charge is 2.14. The van der Waals surface area contributed by atoms with Crippen LogP contribution in [0.2, 0.25) is 0 Å². The third-order valence-corrected chi connectivity index (χ3v) is 3.06. The van der Waals surface area contributed by atoms with E-state index in [0.29, 0.717) is 19.4 Å². The van der Waals surface area contributed by atoms with Gasteiger partial charge < -0.3 is 5.32 Å². The Labute approximate surface area is 121 Å². The Morgan fingerprint density at radius 3 is 2.90 bits per heavy atom. The summed E-state index contributed by atoms with van der Waals surface area (Å²) in [6.45, 7) is 2.25. The average molecular weight is 294 g/mol.